The lowest BCUT2D eigenvalue weighted by molar-refractivity contribution is 0.669. The molecule has 0 bridgehead atoms. The van der Waals surface area contributed by atoms with Crippen LogP contribution in [0.3, 0.4) is 0 Å². The second-order valence-corrected chi connectivity index (χ2v) is 17.3. The van der Waals surface area contributed by atoms with Crippen molar-refractivity contribution in [3.63, 3.8) is 0 Å². The van der Waals surface area contributed by atoms with Gasteiger partial charge in [0, 0.05) is 61.0 Å². The lowest BCUT2D eigenvalue weighted by atomic mass is 9.86. The Bertz CT molecular complexity index is 3920. The highest BCUT2D eigenvalue weighted by Crippen LogP contribution is 2.49. The Kier molecular flexibility index (Phi) is 7.48. The third-order valence-corrected chi connectivity index (χ3v) is 13.8. The molecule has 2 aliphatic rings. The summed E-state index contributed by atoms with van der Waals surface area (Å²) in [7, 11) is 0. The van der Waals surface area contributed by atoms with Gasteiger partial charge in [-0.15, -0.1) is 0 Å². The van der Waals surface area contributed by atoms with Gasteiger partial charge in [-0.05, 0) is 125 Å². The number of nitrogens with zero attached hydrogens (tertiary/aromatic N) is 3. The molecule has 12 aromatic rings. The summed E-state index contributed by atoms with van der Waals surface area (Å²) in [4.78, 5) is 2.50. The summed E-state index contributed by atoms with van der Waals surface area (Å²) >= 11 is 0. The van der Waals surface area contributed by atoms with E-state index in [2.05, 4.69) is 232 Å². The van der Waals surface area contributed by atoms with Gasteiger partial charge in [-0.1, -0.05) is 127 Å². The molecule has 2 unspecified atom stereocenters. The molecule has 0 saturated carbocycles. The zero-order chi connectivity index (χ0) is 41.9. The van der Waals surface area contributed by atoms with E-state index in [0.717, 1.165) is 33.3 Å². The summed E-state index contributed by atoms with van der Waals surface area (Å²) in [6.45, 7) is 0. The molecule has 1 aliphatic carbocycles. The zero-order valence-electron chi connectivity index (χ0n) is 34.8. The molecule has 3 aromatic heterocycles. The maximum absolute atomic E-state index is 6.29. The average molecular weight is 818 g/mol. The number of rotatable bonds is 5. The van der Waals surface area contributed by atoms with Gasteiger partial charge >= 0.3 is 0 Å². The lowest BCUT2D eigenvalue weighted by Gasteiger charge is -2.29. The van der Waals surface area contributed by atoms with Crippen LogP contribution in [0.2, 0.25) is 0 Å². The number of hydrogen-bond acceptors (Lipinski definition) is 2. The van der Waals surface area contributed by atoms with Crippen molar-refractivity contribution >= 4 is 82.5 Å². The van der Waals surface area contributed by atoms with Gasteiger partial charge in [0.1, 0.15) is 11.2 Å². The van der Waals surface area contributed by atoms with Crippen molar-refractivity contribution in [3.8, 4) is 22.5 Å². The van der Waals surface area contributed by atoms with Crippen molar-refractivity contribution in [1.82, 2.24) is 9.13 Å². The predicted octanol–water partition coefficient (Wildman–Crippen LogP) is 15.7. The van der Waals surface area contributed by atoms with Crippen LogP contribution in [-0.2, 0) is 0 Å². The average Bonchev–Trinajstić information content (AvgIpc) is 4.10. The first-order valence-electron chi connectivity index (χ1n) is 22.2. The molecule has 64 heavy (non-hydrogen) atoms. The number of hydrogen-bond donors (Lipinski definition) is 0. The molecule has 0 fully saturated rings. The van der Waals surface area contributed by atoms with Gasteiger partial charge in [-0.25, -0.2) is 0 Å². The third kappa shape index (κ3) is 5.17. The zero-order valence-corrected chi connectivity index (χ0v) is 34.8. The van der Waals surface area contributed by atoms with Crippen LogP contribution in [0.1, 0.15) is 17.0 Å². The molecule has 4 heterocycles. The summed E-state index contributed by atoms with van der Waals surface area (Å²) in [5.41, 5.74) is 17.5. The fourth-order valence-electron chi connectivity index (χ4n) is 11.0. The highest BCUT2D eigenvalue weighted by Gasteiger charge is 2.38. The van der Waals surface area contributed by atoms with Gasteiger partial charge in [0.05, 0.1) is 28.1 Å². The Morgan fingerprint density at radius 1 is 0.375 bits per heavy atom. The minimum atomic E-state index is 0.213. The Hall–Kier alpha value is -8.34. The maximum atomic E-state index is 6.29. The molecule has 14 rings (SSSR count). The Balaban J connectivity index is 0.950. The number of fused-ring (bicyclic) bond motifs is 12. The largest absolute Gasteiger partial charge is 0.456 e. The van der Waals surface area contributed by atoms with E-state index in [1.54, 1.807) is 0 Å². The van der Waals surface area contributed by atoms with Crippen molar-refractivity contribution < 1.29 is 4.42 Å². The molecule has 0 spiro atoms. The van der Waals surface area contributed by atoms with E-state index in [-0.39, 0.29) is 12.0 Å². The molecule has 4 heteroatoms. The standard InChI is InChI=1S/C60H39N3O/c1-3-13-42(14-4-1)61-53-20-10-7-17-45(53)48-33-38(23-28-55(48)61)40-25-30-57-50(35-40)51-36-41(26-31-58(51)63(57)44-27-32-60-52(37-44)47-19-9-12-22-59(47)64-60)39-24-29-56-49(34-39)46-18-8-11-21-54(46)62(56)43-15-5-2-6-16-43/h1-37,48,55H. The van der Waals surface area contributed by atoms with Crippen LogP contribution in [0.5, 0.6) is 0 Å². The van der Waals surface area contributed by atoms with Crippen LogP contribution in [0, 0.1) is 0 Å². The van der Waals surface area contributed by atoms with Crippen molar-refractivity contribution in [2.24, 2.45) is 0 Å². The molecule has 2 atom stereocenters. The summed E-state index contributed by atoms with van der Waals surface area (Å²) < 4.78 is 11.1. The van der Waals surface area contributed by atoms with Crippen LogP contribution in [0.4, 0.5) is 11.4 Å². The lowest BCUT2D eigenvalue weighted by Crippen LogP contribution is -2.28. The summed E-state index contributed by atoms with van der Waals surface area (Å²) in [6, 6.07) is 75.4. The number of allylic oxidation sites excluding steroid dienone is 2. The second kappa shape index (κ2) is 13.6. The first-order chi connectivity index (χ1) is 31.7. The molecular formula is C60H39N3O. The Morgan fingerprint density at radius 2 is 0.938 bits per heavy atom. The van der Waals surface area contributed by atoms with Crippen molar-refractivity contribution in [2.75, 3.05) is 4.90 Å². The van der Waals surface area contributed by atoms with Crippen molar-refractivity contribution in [3.05, 3.63) is 236 Å². The van der Waals surface area contributed by atoms with Crippen LogP contribution in [-0.4, -0.2) is 15.2 Å². The van der Waals surface area contributed by atoms with Gasteiger partial charge in [0.2, 0.25) is 0 Å². The summed E-state index contributed by atoms with van der Waals surface area (Å²) in [5.74, 6) is 0.235. The van der Waals surface area contributed by atoms with Gasteiger partial charge in [0.25, 0.3) is 0 Å². The molecule has 1 aliphatic heterocycles. The van der Waals surface area contributed by atoms with Crippen molar-refractivity contribution in [2.45, 2.75) is 12.0 Å². The Labute approximate surface area is 369 Å². The van der Waals surface area contributed by atoms with E-state index in [9.17, 15) is 0 Å². The van der Waals surface area contributed by atoms with E-state index in [4.69, 9.17) is 4.42 Å². The highest BCUT2D eigenvalue weighted by atomic mass is 16.3. The molecule has 0 N–H and O–H groups in total. The van der Waals surface area contributed by atoms with Crippen LogP contribution in [0.15, 0.2) is 229 Å². The number of para-hydroxylation sites is 5. The highest BCUT2D eigenvalue weighted by molar-refractivity contribution is 6.14. The summed E-state index contributed by atoms with van der Waals surface area (Å²) in [6.07, 6.45) is 7.25. The first kappa shape index (κ1) is 35.3. The van der Waals surface area contributed by atoms with Gasteiger partial charge in [0.15, 0.2) is 0 Å². The van der Waals surface area contributed by atoms with E-state index >= 15 is 0 Å². The fourth-order valence-corrected chi connectivity index (χ4v) is 11.0. The smallest absolute Gasteiger partial charge is 0.135 e. The fraction of sp³-hybridized carbons (Fsp3) is 0.0333. The molecule has 4 nitrogen and oxygen atoms in total. The number of anilines is 2. The SMILES string of the molecule is C1=CC2C(C=C1c1ccc3c(c1)c1cc(-c4ccc5c(c4)c4ccccc4n5-c4ccccc4)ccc1n3-c1ccc3oc4ccccc4c3c1)c1ccccc1N2c1ccccc1. The predicted molar refractivity (Wildman–Crippen MR) is 267 cm³/mol. The Morgan fingerprint density at radius 3 is 1.70 bits per heavy atom. The molecule has 0 radical (unpaired) electrons. The van der Waals surface area contributed by atoms with E-state index in [1.165, 1.54) is 82.8 Å². The van der Waals surface area contributed by atoms with Gasteiger partial charge in [-0.3, -0.25) is 0 Å². The quantitative estimate of drug-likeness (QED) is 0.173. The normalized spacial score (nSPS) is 15.8. The monoisotopic (exact) mass is 817 g/mol. The maximum Gasteiger partial charge on any atom is 0.135 e. The number of aromatic nitrogens is 2. The van der Waals surface area contributed by atoms with Crippen LogP contribution < -0.4 is 4.90 Å². The first-order valence-corrected chi connectivity index (χ1v) is 22.2. The topological polar surface area (TPSA) is 26.2 Å². The van der Waals surface area contributed by atoms with Crippen LogP contribution in [0.25, 0.3) is 93.6 Å². The molecule has 300 valence electrons. The van der Waals surface area contributed by atoms with Crippen molar-refractivity contribution in [1.29, 1.82) is 0 Å². The number of furan rings is 1. The van der Waals surface area contributed by atoms with E-state index < -0.39 is 0 Å². The van der Waals surface area contributed by atoms with Gasteiger partial charge in [-0.2, -0.15) is 0 Å². The summed E-state index contributed by atoms with van der Waals surface area (Å²) in [5, 5.41) is 7.19. The second-order valence-electron chi connectivity index (χ2n) is 17.3. The minimum absolute atomic E-state index is 0.213. The molecule has 9 aromatic carbocycles. The minimum Gasteiger partial charge on any atom is -0.456 e. The molecular weight excluding hydrogens is 779 g/mol. The number of benzene rings is 9. The molecule has 0 saturated heterocycles. The van der Waals surface area contributed by atoms with E-state index in [1.807, 2.05) is 6.07 Å². The molecule has 0 amide bonds. The van der Waals surface area contributed by atoms with Crippen LogP contribution >= 0.6 is 0 Å². The van der Waals surface area contributed by atoms with Gasteiger partial charge < -0.3 is 18.5 Å². The third-order valence-electron chi connectivity index (χ3n) is 13.8. The van der Waals surface area contributed by atoms with E-state index in [0.29, 0.717) is 0 Å².